The van der Waals surface area contributed by atoms with E-state index < -0.39 is 0 Å². The molecule has 0 saturated carbocycles. The minimum absolute atomic E-state index is 0.181. The topological polar surface area (TPSA) is 25.8 Å². The molecule has 0 amide bonds. The van der Waals surface area contributed by atoms with Gasteiger partial charge in [-0.25, -0.2) is 14.4 Å². The molecule has 2 nitrogen and oxygen atoms in total. The predicted octanol–water partition coefficient (Wildman–Crippen LogP) is 5.58. The van der Waals surface area contributed by atoms with Crippen LogP contribution in [0, 0.1) is 5.82 Å². The first kappa shape index (κ1) is 14.9. The summed E-state index contributed by atoms with van der Waals surface area (Å²) >= 11 is 12.8. The predicted molar refractivity (Wildman–Crippen MR) is 81.9 cm³/mol. The van der Waals surface area contributed by atoms with Gasteiger partial charge in [0.15, 0.2) is 5.82 Å². The van der Waals surface area contributed by atoms with E-state index in [0.29, 0.717) is 21.0 Å². The monoisotopic (exact) mass is 406 g/mol. The second-order valence-electron chi connectivity index (χ2n) is 4.32. The molecule has 100 valence electrons. The van der Waals surface area contributed by atoms with Gasteiger partial charge in [0.1, 0.15) is 11.0 Å². The summed E-state index contributed by atoms with van der Waals surface area (Å²) in [4.78, 5) is 8.66. The van der Waals surface area contributed by atoms with Crippen LogP contribution >= 0.6 is 43.5 Å². The second-order valence-corrected chi connectivity index (χ2v) is 6.32. The van der Waals surface area contributed by atoms with Crippen molar-refractivity contribution in [2.24, 2.45) is 0 Å². The number of benzene rings is 1. The van der Waals surface area contributed by atoms with Gasteiger partial charge in [-0.15, -0.1) is 0 Å². The van der Waals surface area contributed by atoms with Crippen molar-refractivity contribution in [1.29, 1.82) is 0 Å². The summed E-state index contributed by atoms with van der Waals surface area (Å²) in [6, 6.07) is 4.38. The Bertz CT molecular complexity index is 632. The SMILES string of the molecule is CC(C)c1nc(-c2cc(F)ccc2Br)nc(Cl)c1Br. The standard InChI is InChI=1S/C13H10Br2ClFN2/c1-6(2)11-10(15)12(16)19-13(18-11)8-5-7(17)3-4-9(8)14/h3-6H,1-2H3. The van der Waals surface area contributed by atoms with Crippen LogP contribution in [0.2, 0.25) is 5.15 Å². The molecular weight excluding hydrogens is 398 g/mol. The summed E-state index contributed by atoms with van der Waals surface area (Å²) in [5, 5.41) is 0.324. The van der Waals surface area contributed by atoms with E-state index in [2.05, 4.69) is 41.8 Å². The number of hydrogen-bond acceptors (Lipinski definition) is 2. The zero-order valence-electron chi connectivity index (χ0n) is 10.2. The van der Waals surface area contributed by atoms with Gasteiger partial charge in [0.25, 0.3) is 0 Å². The maximum Gasteiger partial charge on any atom is 0.162 e. The van der Waals surface area contributed by atoms with Gasteiger partial charge in [-0.2, -0.15) is 0 Å². The Hall–Kier alpha value is -0.520. The lowest BCUT2D eigenvalue weighted by Crippen LogP contribution is -2.01. The number of halogens is 4. The first-order valence-corrected chi connectivity index (χ1v) is 7.55. The molecule has 1 heterocycles. The van der Waals surface area contributed by atoms with Crippen LogP contribution in [0.25, 0.3) is 11.4 Å². The van der Waals surface area contributed by atoms with Gasteiger partial charge < -0.3 is 0 Å². The summed E-state index contributed by atoms with van der Waals surface area (Å²) in [7, 11) is 0. The number of aromatic nitrogens is 2. The highest BCUT2D eigenvalue weighted by molar-refractivity contribution is 9.11. The highest BCUT2D eigenvalue weighted by Crippen LogP contribution is 2.33. The molecule has 19 heavy (non-hydrogen) atoms. The molecule has 0 radical (unpaired) electrons. The summed E-state index contributed by atoms with van der Waals surface area (Å²) in [6.45, 7) is 4.02. The molecule has 0 aliphatic carbocycles. The Morgan fingerprint density at radius 3 is 2.53 bits per heavy atom. The minimum Gasteiger partial charge on any atom is -0.231 e. The Morgan fingerprint density at radius 1 is 1.21 bits per heavy atom. The normalized spacial score (nSPS) is 11.1. The van der Waals surface area contributed by atoms with Crippen molar-refractivity contribution < 1.29 is 4.39 Å². The lowest BCUT2D eigenvalue weighted by molar-refractivity contribution is 0.628. The Morgan fingerprint density at radius 2 is 1.89 bits per heavy atom. The van der Waals surface area contributed by atoms with Gasteiger partial charge in [-0.3, -0.25) is 0 Å². The van der Waals surface area contributed by atoms with E-state index in [1.54, 1.807) is 6.07 Å². The molecule has 2 rings (SSSR count). The molecular formula is C13H10Br2ClFN2. The smallest absolute Gasteiger partial charge is 0.162 e. The van der Waals surface area contributed by atoms with Gasteiger partial charge >= 0.3 is 0 Å². The van der Waals surface area contributed by atoms with E-state index >= 15 is 0 Å². The van der Waals surface area contributed by atoms with E-state index in [-0.39, 0.29) is 11.7 Å². The first-order valence-electron chi connectivity index (χ1n) is 5.58. The molecule has 0 aliphatic rings. The van der Waals surface area contributed by atoms with E-state index in [1.165, 1.54) is 12.1 Å². The van der Waals surface area contributed by atoms with Crippen molar-refractivity contribution in [1.82, 2.24) is 9.97 Å². The van der Waals surface area contributed by atoms with Gasteiger partial charge in [-0.1, -0.05) is 41.4 Å². The number of nitrogens with zero attached hydrogens (tertiary/aromatic N) is 2. The van der Waals surface area contributed by atoms with Crippen molar-refractivity contribution in [3.8, 4) is 11.4 Å². The average molecular weight is 408 g/mol. The fourth-order valence-electron chi connectivity index (χ4n) is 1.61. The fourth-order valence-corrected chi connectivity index (χ4v) is 2.84. The maximum atomic E-state index is 13.4. The zero-order valence-corrected chi connectivity index (χ0v) is 14.1. The summed E-state index contributed by atoms with van der Waals surface area (Å²) in [6.07, 6.45) is 0. The molecule has 0 fully saturated rings. The molecule has 0 saturated heterocycles. The molecule has 0 N–H and O–H groups in total. The van der Waals surface area contributed by atoms with Crippen molar-refractivity contribution >= 4 is 43.5 Å². The molecule has 0 bridgehead atoms. The third-order valence-electron chi connectivity index (χ3n) is 2.55. The Kier molecular flexibility index (Phi) is 4.58. The van der Waals surface area contributed by atoms with E-state index in [9.17, 15) is 4.39 Å². The quantitative estimate of drug-likeness (QED) is 0.606. The van der Waals surface area contributed by atoms with Crippen molar-refractivity contribution in [2.75, 3.05) is 0 Å². The van der Waals surface area contributed by atoms with Crippen LogP contribution in [0.5, 0.6) is 0 Å². The number of hydrogen-bond donors (Lipinski definition) is 0. The largest absolute Gasteiger partial charge is 0.231 e. The second kappa shape index (κ2) is 5.85. The third-order valence-corrected chi connectivity index (χ3v) is 4.53. The van der Waals surface area contributed by atoms with Crippen LogP contribution in [-0.4, -0.2) is 9.97 Å². The van der Waals surface area contributed by atoms with Crippen molar-refractivity contribution in [2.45, 2.75) is 19.8 Å². The van der Waals surface area contributed by atoms with E-state index in [0.717, 1.165) is 10.2 Å². The lowest BCUT2D eigenvalue weighted by Gasteiger charge is -2.11. The molecule has 0 aliphatic heterocycles. The van der Waals surface area contributed by atoms with Crippen LogP contribution in [0.1, 0.15) is 25.5 Å². The first-order chi connectivity index (χ1) is 8.90. The maximum absolute atomic E-state index is 13.4. The molecule has 6 heteroatoms. The zero-order chi connectivity index (χ0) is 14.2. The van der Waals surface area contributed by atoms with E-state index in [4.69, 9.17) is 11.6 Å². The Labute approximate surface area is 132 Å². The molecule has 0 atom stereocenters. The molecule has 1 aromatic carbocycles. The third kappa shape index (κ3) is 3.15. The van der Waals surface area contributed by atoms with Gasteiger partial charge in [0.2, 0.25) is 0 Å². The minimum atomic E-state index is -0.341. The van der Waals surface area contributed by atoms with Crippen molar-refractivity contribution in [3.05, 3.63) is 43.8 Å². The Balaban J connectivity index is 2.66. The van der Waals surface area contributed by atoms with Crippen LogP contribution < -0.4 is 0 Å². The number of rotatable bonds is 2. The fraction of sp³-hybridized carbons (Fsp3) is 0.231. The molecule has 0 unspecified atom stereocenters. The lowest BCUT2D eigenvalue weighted by atomic mass is 10.1. The summed E-state index contributed by atoms with van der Waals surface area (Å²) < 4.78 is 14.8. The molecule has 1 aromatic heterocycles. The van der Waals surface area contributed by atoms with Crippen LogP contribution in [0.3, 0.4) is 0 Å². The summed E-state index contributed by atoms with van der Waals surface area (Å²) in [5.74, 6) is 0.246. The molecule has 0 spiro atoms. The average Bonchev–Trinajstić information content (AvgIpc) is 2.35. The van der Waals surface area contributed by atoms with Crippen LogP contribution in [-0.2, 0) is 0 Å². The van der Waals surface area contributed by atoms with Crippen LogP contribution in [0.4, 0.5) is 4.39 Å². The van der Waals surface area contributed by atoms with Gasteiger partial charge in [0.05, 0.1) is 10.2 Å². The van der Waals surface area contributed by atoms with Crippen LogP contribution in [0.15, 0.2) is 27.1 Å². The van der Waals surface area contributed by atoms with E-state index in [1.807, 2.05) is 13.8 Å². The summed E-state index contributed by atoms with van der Waals surface area (Å²) in [5.41, 5.74) is 1.38. The van der Waals surface area contributed by atoms with Gasteiger partial charge in [0, 0.05) is 10.0 Å². The highest BCUT2D eigenvalue weighted by atomic mass is 79.9. The highest BCUT2D eigenvalue weighted by Gasteiger charge is 2.16. The van der Waals surface area contributed by atoms with Crippen molar-refractivity contribution in [3.63, 3.8) is 0 Å². The molecule has 2 aromatic rings. The van der Waals surface area contributed by atoms with Gasteiger partial charge in [-0.05, 0) is 40.0 Å².